The molecule has 0 aliphatic heterocycles. The molecule has 1 N–H and O–H groups in total. The van der Waals surface area contributed by atoms with Gasteiger partial charge in [-0.1, -0.05) is 35.9 Å². The molecule has 19 heavy (non-hydrogen) atoms. The van der Waals surface area contributed by atoms with Crippen LogP contribution in [-0.2, 0) is 6.42 Å². The van der Waals surface area contributed by atoms with Crippen molar-refractivity contribution in [3.63, 3.8) is 0 Å². The Morgan fingerprint density at radius 2 is 1.89 bits per heavy atom. The summed E-state index contributed by atoms with van der Waals surface area (Å²) in [7, 11) is 0. The van der Waals surface area contributed by atoms with Gasteiger partial charge in [0.25, 0.3) is 0 Å². The second-order valence-corrected chi connectivity index (χ2v) is 4.50. The molecule has 0 radical (unpaired) electrons. The third-order valence-electron chi connectivity index (χ3n) is 2.89. The van der Waals surface area contributed by atoms with Gasteiger partial charge in [-0.3, -0.25) is 0 Å². The summed E-state index contributed by atoms with van der Waals surface area (Å²) >= 11 is 6.03. The van der Waals surface area contributed by atoms with Crippen molar-refractivity contribution in [2.45, 2.75) is 6.42 Å². The number of benzene rings is 1. The maximum Gasteiger partial charge on any atom is 0.159 e. The lowest BCUT2D eigenvalue weighted by atomic mass is 10.2. The van der Waals surface area contributed by atoms with Gasteiger partial charge in [0.1, 0.15) is 5.76 Å². The topological polar surface area (TPSA) is 51.0 Å². The number of rotatable bonds is 4. The minimum Gasteiger partial charge on any atom is -0.469 e. The average Bonchev–Trinajstić information content (AvgIpc) is 2.95. The van der Waals surface area contributed by atoms with Gasteiger partial charge in [0.2, 0.25) is 0 Å². The van der Waals surface area contributed by atoms with Crippen LogP contribution in [0.5, 0.6) is 0 Å². The molecule has 0 spiro atoms. The first-order valence-corrected chi connectivity index (χ1v) is 6.39. The van der Waals surface area contributed by atoms with E-state index in [1.54, 1.807) is 6.26 Å². The Hall–Kier alpha value is -2.07. The highest BCUT2D eigenvalue weighted by Crippen LogP contribution is 2.25. The van der Waals surface area contributed by atoms with Crippen LogP contribution >= 0.6 is 11.6 Å². The summed E-state index contributed by atoms with van der Waals surface area (Å²) in [6, 6.07) is 11.6. The van der Waals surface area contributed by atoms with Gasteiger partial charge in [-0.2, -0.15) is 0 Å². The van der Waals surface area contributed by atoms with E-state index >= 15 is 0 Å². The number of nitrogens with zero attached hydrogens (tertiary/aromatic N) is 2. The fourth-order valence-corrected chi connectivity index (χ4v) is 2.16. The Balaban J connectivity index is 1.79. The lowest BCUT2D eigenvalue weighted by molar-refractivity contribution is 0.513. The fraction of sp³-hybridized carbons (Fsp3) is 0.143. The van der Waals surface area contributed by atoms with Crippen molar-refractivity contribution < 1.29 is 4.42 Å². The first kappa shape index (κ1) is 12.0. The minimum atomic E-state index is 0.423. The number of furan rings is 1. The van der Waals surface area contributed by atoms with Crippen LogP contribution < -0.4 is 5.32 Å². The van der Waals surface area contributed by atoms with Crippen LogP contribution in [0.15, 0.2) is 47.1 Å². The third kappa shape index (κ3) is 2.53. The van der Waals surface area contributed by atoms with E-state index in [2.05, 4.69) is 15.5 Å². The van der Waals surface area contributed by atoms with Gasteiger partial charge in [0.05, 0.1) is 6.26 Å². The molecule has 0 fully saturated rings. The second-order valence-electron chi connectivity index (χ2n) is 4.14. The summed E-state index contributed by atoms with van der Waals surface area (Å²) in [5.74, 6) is 1.69. The van der Waals surface area contributed by atoms with Crippen molar-refractivity contribution in [2.24, 2.45) is 0 Å². The number of halogens is 1. The van der Waals surface area contributed by atoms with E-state index in [0.717, 1.165) is 35.3 Å². The van der Waals surface area contributed by atoms with Crippen molar-refractivity contribution in [3.05, 3.63) is 53.6 Å². The zero-order valence-corrected chi connectivity index (χ0v) is 10.9. The van der Waals surface area contributed by atoms with Crippen molar-refractivity contribution in [1.29, 1.82) is 0 Å². The summed E-state index contributed by atoms with van der Waals surface area (Å²) < 4.78 is 5.28. The van der Waals surface area contributed by atoms with E-state index in [9.17, 15) is 0 Å². The SMILES string of the molecule is Clc1nnc(NCCc2ccco2)c2ccccc12. The zero-order chi connectivity index (χ0) is 13.1. The Morgan fingerprint density at radius 3 is 2.68 bits per heavy atom. The standard InChI is InChI=1S/C14H12ClN3O/c15-13-11-5-1-2-6-12(11)14(18-17-13)16-8-7-10-4-3-9-19-10/h1-6,9H,7-8H2,(H,16,18). The lowest BCUT2D eigenvalue weighted by Gasteiger charge is -2.07. The van der Waals surface area contributed by atoms with E-state index in [1.165, 1.54) is 0 Å². The summed E-state index contributed by atoms with van der Waals surface area (Å²) in [6.45, 7) is 0.730. The zero-order valence-electron chi connectivity index (χ0n) is 10.1. The van der Waals surface area contributed by atoms with Gasteiger partial charge in [-0.15, -0.1) is 10.2 Å². The van der Waals surface area contributed by atoms with Crippen LogP contribution in [-0.4, -0.2) is 16.7 Å². The summed E-state index contributed by atoms with van der Waals surface area (Å²) in [4.78, 5) is 0. The summed E-state index contributed by atoms with van der Waals surface area (Å²) in [5, 5.41) is 13.6. The Bertz CT molecular complexity index is 682. The Labute approximate surface area is 115 Å². The van der Waals surface area contributed by atoms with Gasteiger partial charge >= 0.3 is 0 Å². The Morgan fingerprint density at radius 1 is 1.05 bits per heavy atom. The summed E-state index contributed by atoms with van der Waals surface area (Å²) in [6.07, 6.45) is 2.47. The number of fused-ring (bicyclic) bond motifs is 1. The lowest BCUT2D eigenvalue weighted by Crippen LogP contribution is -2.07. The molecule has 5 heteroatoms. The average molecular weight is 274 g/mol. The first-order valence-electron chi connectivity index (χ1n) is 6.02. The van der Waals surface area contributed by atoms with Crippen molar-refractivity contribution in [1.82, 2.24) is 10.2 Å². The van der Waals surface area contributed by atoms with Crippen LogP contribution in [0.4, 0.5) is 5.82 Å². The number of hydrogen-bond acceptors (Lipinski definition) is 4. The Kier molecular flexibility index (Phi) is 3.33. The van der Waals surface area contributed by atoms with Gasteiger partial charge in [0.15, 0.2) is 11.0 Å². The van der Waals surface area contributed by atoms with Crippen LogP contribution in [0.1, 0.15) is 5.76 Å². The van der Waals surface area contributed by atoms with Crippen LogP contribution in [0.25, 0.3) is 10.8 Å². The van der Waals surface area contributed by atoms with Gasteiger partial charge < -0.3 is 9.73 Å². The molecule has 3 aromatic rings. The molecule has 0 saturated carbocycles. The molecule has 1 aromatic carbocycles. The molecule has 2 heterocycles. The predicted octanol–water partition coefficient (Wildman–Crippen LogP) is 3.53. The molecule has 0 atom stereocenters. The number of anilines is 1. The van der Waals surface area contributed by atoms with E-state index in [4.69, 9.17) is 16.0 Å². The molecule has 0 bridgehead atoms. The summed E-state index contributed by atoms with van der Waals surface area (Å²) in [5.41, 5.74) is 0. The highest BCUT2D eigenvalue weighted by atomic mass is 35.5. The highest BCUT2D eigenvalue weighted by Gasteiger charge is 2.06. The molecule has 0 unspecified atom stereocenters. The van der Waals surface area contributed by atoms with E-state index in [-0.39, 0.29) is 0 Å². The molecule has 0 aliphatic carbocycles. The minimum absolute atomic E-state index is 0.423. The molecular weight excluding hydrogens is 262 g/mol. The van der Waals surface area contributed by atoms with Crippen LogP contribution in [0.2, 0.25) is 5.15 Å². The smallest absolute Gasteiger partial charge is 0.159 e. The van der Waals surface area contributed by atoms with Crippen molar-refractivity contribution in [2.75, 3.05) is 11.9 Å². The van der Waals surface area contributed by atoms with Crippen LogP contribution in [0.3, 0.4) is 0 Å². The van der Waals surface area contributed by atoms with Gasteiger partial charge in [0, 0.05) is 23.7 Å². The van der Waals surface area contributed by atoms with E-state index in [1.807, 2.05) is 36.4 Å². The van der Waals surface area contributed by atoms with Crippen molar-refractivity contribution >= 4 is 28.2 Å². The van der Waals surface area contributed by atoms with E-state index in [0.29, 0.717) is 5.15 Å². The predicted molar refractivity (Wildman–Crippen MR) is 75.4 cm³/mol. The highest BCUT2D eigenvalue weighted by molar-refractivity contribution is 6.34. The van der Waals surface area contributed by atoms with Gasteiger partial charge in [-0.25, -0.2) is 0 Å². The molecule has 96 valence electrons. The molecule has 2 aromatic heterocycles. The number of nitrogens with one attached hydrogen (secondary N) is 1. The van der Waals surface area contributed by atoms with Crippen molar-refractivity contribution in [3.8, 4) is 0 Å². The molecule has 0 amide bonds. The van der Waals surface area contributed by atoms with Gasteiger partial charge in [-0.05, 0) is 12.1 Å². The maximum absolute atomic E-state index is 6.03. The molecule has 0 aliphatic rings. The fourth-order valence-electron chi connectivity index (χ4n) is 1.96. The monoisotopic (exact) mass is 273 g/mol. The third-order valence-corrected chi connectivity index (χ3v) is 3.17. The number of aromatic nitrogens is 2. The van der Waals surface area contributed by atoms with E-state index < -0.39 is 0 Å². The van der Waals surface area contributed by atoms with Crippen LogP contribution in [0, 0.1) is 0 Å². The molecule has 4 nitrogen and oxygen atoms in total. The maximum atomic E-state index is 6.03. The second kappa shape index (κ2) is 5.28. The largest absolute Gasteiger partial charge is 0.469 e. The quantitative estimate of drug-likeness (QED) is 0.790. The molecule has 3 rings (SSSR count). The first-order chi connectivity index (χ1) is 9.34. The normalized spacial score (nSPS) is 10.8. The molecule has 0 saturated heterocycles. The molecular formula is C14H12ClN3O. The number of hydrogen-bond donors (Lipinski definition) is 1.